The van der Waals surface area contributed by atoms with E-state index >= 15 is 0 Å². The predicted octanol–water partition coefficient (Wildman–Crippen LogP) is 5.25. The van der Waals surface area contributed by atoms with Gasteiger partial charge in [-0.05, 0) is 36.8 Å². The Morgan fingerprint density at radius 2 is 1.91 bits per heavy atom. The quantitative estimate of drug-likeness (QED) is 0.575. The van der Waals surface area contributed by atoms with Gasteiger partial charge in [-0.3, -0.25) is 9.69 Å². The summed E-state index contributed by atoms with van der Waals surface area (Å²) in [5.41, 5.74) is 3.17. The number of para-hydroxylation sites is 1. The topological polar surface area (TPSA) is 52.7 Å². The molecule has 1 spiro atoms. The fraction of sp³-hybridized carbons (Fsp3) is 0.200. The Balaban J connectivity index is 1.51. The third-order valence-electron chi connectivity index (χ3n) is 5.96. The molecule has 2 aliphatic rings. The van der Waals surface area contributed by atoms with E-state index in [0.29, 0.717) is 29.2 Å². The molecule has 5 nitrogen and oxygen atoms in total. The van der Waals surface area contributed by atoms with Crippen LogP contribution in [-0.2, 0) is 16.2 Å². The van der Waals surface area contributed by atoms with Crippen LogP contribution in [-0.4, -0.2) is 29.1 Å². The molecule has 0 bridgehead atoms. The lowest BCUT2D eigenvalue weighted by molar-refractivity contribution is -0.123. The molecule has 1 atom stereocenters. The molecule has 2 aliphatic heterocycles. The maximum atomic E-state index is 14.4. The highest BCUT2D eigenvalue weighted by molar-refractivity contribution is 8.01. The van der Waals surface area contributed by atoms with Crippen LogP contribution in [0.4, 0.5) is 25.0 Å². The lowest BCUT2D eigenvalue weighted by atomic mass is 10.1. The molecule has 0 unspecified atom stereocenters. The number of nitrogens with zero attached hydrogens (tertiary/aromatic N) is 2. The van der Waals surface area contributed by atoms with E-state index in [1.54, 1.807) is 23.1 Å². The highest BCUT2D eigenvalue weighted by Crippen LogP contribution is 2.54. The predicted molar refractivity (Wildman–Crippen MR) is 125 cm³/mol. The van der Waals surface area contributed by atoms with Crippen molar-refractivity contribution in [2.24, 2.45) is 0 Å². The molecule has 5 rings (SSSR count). The molecule has 0 saturated carbocycles. The zero-order valence-corrected chi connectivity index (χ0v) is 18.7. The molecular weight excluding hydrogens is 444 g/mol. The number of nitrogens with one attached hydrogen (secondary N) is 1. The van der Waals surface area contributed by atoms with Crippen molar-refractivity contribution in [2.75, 3.05) is 22.5 Å². The Labute approximate surface area is 194 Å². The zero-order chi connectivity index (χ0) is 23.2. The summed E-state index contributed by atoms with van der Waals surface area (Å²) in [7, 11) is 0. The van der Waals surface area contributed by atoms with Crippen LogP contribution in [0, 0.1) is 18.6 Å². The van der Waals surface area contributed by atoms with E-state index in [2.05, 4.69) is 5.32 Å². The lowest BCUT2D eigenvalue weighted by Gasteiger charge is -2.33. The van der Waals surface area contributed by atoms with Crippen molar-refractivity contribution in [3.63, 3.8) is 0 Å². The molecule has 0 aromatic heterocycles. The summed E-state index contributed by atoms with van der Waals surface area (Å²) in [6.07, 6.45) is 0. The molecule has 1 N–H and O–H groups in total. The van der Waals surface area contributed by atoms with Gasteiger partial charge in [0.1, 0.15) is 11.6 Å². The molecule has 1 saturated heterocycles. The first kappa shape index (κ1) is 21.5. The first-order valence-corrected chi connectivity index (χ1v) is 11.5. The Hall–Kier alpha value is -3.39. The van der Waals surface area contributed by atoms with Gasteiger partial charge in [0.25, 0.3) is 5.91 Å². The van der Waals surface area contributed by atoms with Gasteiger partial charge in [0.15, 0.2) is 4.87 Å². The highest BCUT2D eigenvalue weighted by atomic mass is 32.2. The monoisotopic (exact) mass is 465 g/mol. The van der Waals surface area contributed by atoms with Gasteiger partial charge in [0.05, 0.1) is 12.2 Å². The van der Waals surface area contributed by atoms with Crippen molar-refractivity contribution in [3.05, 3.63) is 95.1 Å². The number of halogens is 2. The minimum atomic E-state index is -1.24. The highest BCUT2D eigenvalue weighted by Gasteiger charge is 2.59. The minimum absolute atomic E-state index is 0.0579. The Morgan fingerprint density at radius 1 is 1.09 bits per heavy atom. The number of thioether (sulfide) groups is 1. The summed E-state index contributed by atoms with van der Waals surface area (Å²) >= 11 is 1.39. The number of amides is 3. The maximum Gasteiger partial charge on any atom is 0.323 e. The standard InChI is InChI=1S/C25H21F2N3O2S/c1-16-5-4-6-19(13-16)28-24(32)30-11-12-33-25(30)20-7-2-3-8-22(20)29(23(25)31)15-17-9-10-18(26)14-21(17)27/h2-10,13-14H,11-12,15H2,1H3,(H,28,32)/t25-/m0/s1. The number of benzene rings is 3. The van der Waals surface area contributed by atoms with Crippen LogP contribution in [0.3, 0.4) is 0 Å². The van der Waals surface area contributed by atoms with Gasteiger partial charge in [-0.1, -0.05) is 36.4 Å². The number of hydrogen-bond acceptors (Lipinski definition) is 3. The van der Waals surface area contributed by atoms with Gasteiger partial charge >= 0.3 is 6.03 Å². The summed E-state index contributed by atoms with van der Waals surface area (Å²) < 4.78 is 27.8. The van der Waals surface area contributed by atoms with Crippen LogP contribution in [0.1, 0.15) is 16.7 Å². The maximum absolute atomic E-state index is 14.4. The Kier molecular flexibility index (Phi) is 5.32. The van der Waals surface area contributed by atoms with E-state index in [0.717, 1.165) is 11.6 Å². The van der Waals surface area contributed by atoms with Crippen molar-refractivity contribution in [1.82, 2.24) is 4.90 Å². The number of anilines is 2. The van der Waals surface area contributed by atoms with Crippen LogP contribution < -0.4 is 10.2 Å². The van der Waals surface area contributed by atoms with Gasteiger partial charge in [0, 0.05) is 35.2 Å². The third-order valence-corrected chi connectivity index (χ3v) is 7.38. The number of rotatable bonds is 3. The lowest BCUT2D eigenvalue weighted by Crippen LogP contribution is -2.51. The van der Waals surface area contributed by atoms with Crippen molar-refractivity contribution in [3.8, 4) is 0 Å². The normalized spacial score (nSPS) is 19.3. The zero-order valence-electron chi connectivity index (χ0n) is 17.8. The number of carbonyl (C=O) groups excluding carboxylic acids is 2. The fourth-order valence-corrected chi connectivity index (χ4v) is 5.92. The van der Waals surface area contributed by atoms with Gasteiger partial charge in [0.2, 0.25) is 0 Å². The summed E-state index contributed by atoms with van der Waals surface area (Å²) in [6, 6.07) is 17.7. The minimum Gasteiger partial charge on any atom is -0.308 e. The summed E-state index contributed by atoms with van der Waals surface area (Å²) in [4.78, 5) is 29.0. The molecule has 0 radical (unpaired) electrons. The second kappa shape index (κ2) is 8.19. The van der Waals surface area contributed by atoms with Crippen molar-refractivity contribution in [1.29, 1.82) is 0 Å². The third kappa shape index (κ3) is 3.54. The molecule has 3 aromatic carbocycles. The van der Waals surface area contributed by atoms with Crippen molar-refractivity contribution < 1.29 is 18.4 Å². The molecule has 2 heterocycles. The average Bonchev–Trinajstić information content (AvgIpc) is 3.33. The van der Waals surface area contributed by atoms with Crippen molar-refractivity contribution in [2.45, 2.75) is 18.3 Å². The van der Waals surface area contributed by atoms with Gasteiger partial charge in [-0.2, -0.15) is 0 Å². The van der Waals surface area contributed by atoms with E-state index < -0.39 is 16.5 Å². The smallest absolute Gasteiger partial charge is 0.308 e. The van der Waals surface area contributed by atoms with E-state index in [4.69, 9.17) is 0 Å². The SMILES string of the molecule is Cc1cccc(NC(=O)N2CCS[C@@]23C(=O)N(Cc2ccc(F)cc2F)c2ccccc23)c1. The summed E-state index contributed by atoms with van der Waals surface area (Å²) in [5.74, 6) is -1.12. The summed E-state index contributed by atoms with van der Waals surface area (Å²) in [6.45, 7) is 2.27. The molecule has 33 heavy (non-hydrogen) atoms. The van der Waals surface area contributed by atoms with Crippen LogP contribution in [0.25, 0.3) is 0 Å². The number of aryl methyl sites for hydroxylation is 1. The second-order valence-electron chi connectivity index (χ2n) is 8.09. The van der Waals surface area contributed by atoms with E-state index in [9.17, 15) is 18.4 Å². The Bertz CT molecular complexity index is 1270. The first-order valence-electron chi connectivity index (χ1n) is 10.5. The molecule has 8 heteroatoms. The average molecular weight is 466 g/mol. The van der Waals surface area contributed by atoms with Crippen LogP contribution in [0.15, 0.2) is 66.7 Å². The molecule has 3 aromatic rings. The van der Waals surface area contributed by atoms with Crippen LogP contribution in [0.2, 0.25) is 0 Å². The number of urea groups is 1. The van der Waals surface area contributed by atoms with Crippen molar-refractivity contribution >= 4 is 35.1 Å². The molecule has 0 aliphatic carbocycles. The number of carbonyl (C=O) groups is 2. The largest absolute Gasteiger partial charge is 0.323 e. The van der Waals surface area contributed by atoms with E-state index in [1.807, 2.05) is 37.3 Å². The van der Waals surface area contributed by atoms with Crippen LogP contribution >= 0.6 is 11.8 Å². The Morgan fingerprint density at radius 3 is 2.70 bits per heavy atom. The van der Waals surface area contributed by atoms with Gasteiger partial charge < -0.3 is 10.2 Å². The van der Waals surface area contributed by atoms with Gasteiger partial charge in [-0.15, -0.1) is 11.8 Å². The number of fused-ring (bicyclic) bond motifs is 2. The van der Waals surface area contributed by atoms with Gasteiger partial charge in [-0.25, -0.2) is 13.6 Å². The molecule has 168 valence electrons. The first-order chi connectivity index (χ1) is 15.9. The van der Waals surface area contributed by atoms with E-state index in [-0.39, 0.29) is 24.0 Å². The molecule has 1 fully saturated rings. The summed E-state index contributed by atoms with van der Waals surface area (Å²) in [5, 5.41) is 2.91. The molecular formula is C25H21F2N3O2S. The molecule has 3 amide bonds. The van der Waals surface area contributed by atoms with Crippen LogP contribution in [0.5, 0.6) is 0 Å². The van der Waals surface area contributed by atoms with E-state index in [1.165, 1.54) is 28.8 Å². The second-order valence-corrected chi connectivity index (χ2v) is 9.38. The number of hydrogen-bond donors (Lipinski definition) is 1. The fourth-order valence-electron chi connectivity index (χ4n) is 4.46.